The number of rotatable bonds is 6. The van der Waals surface area contributed by atoms with Crippen molar-refractivity contribution in [3.8, 4) is 11.5 Å². The monoisotopic (exact) mass is 371 g/mol. The van der Waals surface area contributed by atoms with Crippen LogP contribution in [0.2, 0.25) is 5.02 Å². The van der Waals surface area contributed by atoms with Gasteiger partial charge in [0, 0.05) is 21.9 Å². The number of carbonyl (C=O) groups excluding carboxylic acids is 1. The molecule has 0 saturated heterocycles. The van der Waals surface area contributed by atoms with Crippen LogP contribution in [0, 0.1) is 0 Å². The maximum Gasteiger partial charge on any atom is 0.169 e. The van der Waals surface area contributed by atoms with Gasteiger partial charge < -0.3 is 4.74 Å². The van der Waals surface area contributed by atoms with E-state index in [0.717, 1.165) is 10.7 Å². The maximum atomic E-state index is 12.6. The number of thiazole rings is 1. The zero-order valence-electron chi connectivity index (χ0n) is 13.2. The highest BCUT2D eigenvalue weighted by Crippen LogP contribution is 2.40. The fourth-order valence-corrected chi connectivity index (χ4v) is 3.57. The number of hydrogen-bond acceptors (Lipinski definition) is 6. The minimum Gasteiger partial charge on any atom is -0.454 e. The van der Waals surface area contributed by atoms with Crippen LogP contribution in [-0.2, 0) is 6.42 Å². The molecule has 0 N–H and O–H groups in total. The van der Waals surface area contributed by atoms with E-state index in [4.69, 9.17) is 16.3 Å². The van der Waals surface area contributed by atoms with Gasteiger partial charge in [0.2, 0.25) is 0 Å². The second-order valence-electron chi connectivity index (χ2n) is 5.89. The average molecular weight is 372 g/mol. The van der Waals surface area contributed by atoms with E-state index in [2.05, 4.69) is 20.3 Å². The van der Waals surface area contributed by atoms with Crippen molar-refractivity contribution in [2.45, 2.75) is 25.2 Å². The van der Waals surface area contributed by atoms with Gasteiger partial charge in [0.15, 0.2) is 11.5 Å². The summed E-state index contributed by atoms with van der Waals surface area (Å²) in [6.07, 6.45) is 7.19. The lowest BCUT2D eigenvalue weighted by molar-refractivity contribution is 0.0992. The van der Waals surface area contributed by atoms with E-state index in [1.807, 2.05) is 0 Å². The number of hydrogen-bond donors (Lipinski definition) is 0. The molecule has 0 aliphatic heterocycles. The van der Waals surface area contributed by atoms with E-state index in [1.165, 1.54) is 30.5 Å². The Hall–Kier alpha value is -2.31. The van der Waals surface area contributed by atoms with Gasteiger partial charge in [-0.25, -0.2) is 15.0 Å². The Morgan fingerprint density at radius 2 is 2.00 bits per heavy atom. The molecule has 0 spiro atoms. The highest BCUT2D eigenvalue weighted by atomic mass is 35.5. The Balaban J connectivity index is 1.51. The number of nitrogens with zero attached hydrogens (tertiary/aromatic N) is 3. The van der Waals surface area contributed by atoms with E-state index >= 15 is 0 Å². The molecular formula is C18H14ClN3O2S. The Morgan fingerprint density at radius 3 is 2.76 bits per heavy atom. The molecule has 1 saturated carbocycles. The van der Waals surface area contributed by atoms with Crippen LogP contribution in [0.4, 0.5) is 0 Å². The largest absolute Gasteiger partial charge is 0.454 e. The number of carbonyl (C=O) groups is 1. The van der Waals surface area contributed by atoms with E-state index in [-0.39, 0.29) is 12.2 Å². The van der Waals surface area contributed by atoms with Crippen LogP contribution in [0.5, 0.6) is 11.5 Å². The summed E-state index contributed by atoms with van der Waals surface area (Å²) in [5.41, 5.74) is 1.62. The summed E-state index contributed by atoms with van der Waals surface area (Å²) in [5.74, 6) is 1.52. The fourth-order valence-electron chi connectivity index (χ4n) is 2.47. The molecule has 2 heterocycles. The van der Waals surface area contributed by atoms with Crippen LogP contribution < -0.4 is 4.74 Å². The van der Waals surface area contributed by atoms with Crippen molar-refractivity contribution in [2.75, 3.05) is 0 Å². The van der Waals surface area contributed by atoms with Gasteiger partial charge in [0.05, 0.1) is 24.5 Å². The Labute approximate surface area is 153 Å². The van der Waals surface area contributed by atoms with Gasteiger partial charge in [0.1, 0.15) is 17.1 Å². The van der Waals surface area contributed by atoms with Crippen molar-refractivity contribution in [1.29, 1.82) is 0 Å². The van der Waals surface area contributed by atoms with Crippen LogP contribution in [0.25, 0.3) is 0 Å². The predicted molar refractivity (Wildman–Crippen MR) is 95.7 cm³/mol. The zero-order valence-corrected chi connectivity index (χ0v) is 14.8. The quantitative estimate of drug-likeness (QED) is 0.588. The Bertz CT molecular complexity index is 910. The lowest BCUT2D eigenvalue weighted by Gasteiger charge is -2.07. The van der Waals surface area contributed by atoms with Crippen LogP contribution >= 0.6 is 22.9 Å². The number of ketones is 1. The van der Waals surface area contributed by atoms with Crippen LogP contribution in [0.3, 0.4) is 0 Å². The van der Waals surface area contributed by atoms with Crippen molar-refractivity contribution in [3.05, 3.63) is 63.6 Å². The standard InChI is InChI=1S/C18H14ClN3O2S/c19-13-3-12(4-14(5-13)24-15-7-20-10-21-8-15)17(23)6-18-22-16(9-25-18)11-1-2-11/h3-5,7-11H,1-2,6H2. The van der Waals surface area contributed by atoms with E-state index in [0.29, 0.717) is 28.0 Å². The SMILES string of the molecule is O=C(Cc1nc(C2CC2)cs1)c1cc(Cl)cc(Oc2cncnc2)c1. The van der Waals surface area contributed by atoms with E-state index in [9.17, 15) is 4.79 Å². The normalized spacial score (nSPS) is 13.6. The van der Waals surface area contributed by atoms with Crippen molar-refractivity contribution in [1.82, 2.24) is 15.0 Å². The lowest BCUT2D eigenvalue weighted by atomic mass is 10.1. The smallest absolute Gasteiger partial charge is 0.169 e. The third-order valence-electron chi connectivity index (χ3n) is 3.84. The minimum absolute atomic E-state index is 0.0339. The first-order valence-electron chi connectivity index (χ1n) is 7.88. The van der Waals surface area contributed by atoms with Crippen molar-refractivity contribution in [3.63, 3.8) is 0 Å². The van der Waals surface area contributed by atoms with Crippen LogP contribution in [-0.4, -0.2) is 20.7 Å². The lowest BCUT2D eigenvalue weighted by Crippen LogP contribution is -2.04. The molecule has 1 aliphatic rings. The van der Waals surface area contributed by atoms with Crippen molar-refractivity contribution >= 4 is 28.7 Å². The summed E-state index contributed by atoms with van der Waals surface area (Å²) in [6, 6.07) is 4.98. The van der Waals surface area contributed by atoms with Gasteiger partial charge in [-0.2, -0.15) is 0 Å². The number of benzene rings is 1. The van der Waals surface area contributed by atoms with Gasteiger partial charge in [-0.15, -0.1) is 11.3 Å². The summed E-state index contributed by atoms with van der Waals surface area (Å²) in [7, 11) is 0. The van der Waals surface area contributed by atoms with E-state index < -0.39 is 0 Å². The fraction of sp³-hybridized carbons (Fsp3) is 0.222. The molecule has 0 unspecified atom stereocenters. The highest BCUT2D eigenvalue weighted by molar-refractivity contribution is 7.09. The third kappa shape index (κ3) is 4.03. The van der Waals surface area contributed by atoms with Gasteiger partial charge >= 0.3 is 0 Å². The molecule has 1 fully saturated rings. The number of ether oxygens (including phenoxy) is 1. The Kier molecular flexibility index (Phi) is 4.46. The number of Topliss-reactive ketones (excluding diaryl/α,β-unsaturated/α-hetero) is 1. The number of halogens is 1. The number of aromatic nitrogens is 3. The van der Waals surface area contributed by atoms with Gasteiger partial charge in [0.25, 0.3) is 0 Å². The average Bonchev–Trinajstić information content (AvgIpc) is 3.35. The molecule has 1 aliphatic carbocycles. The first-order valence-corrected chi connectivity index (χ1v) is 9.14. The van der Waals surface area contributed by atoms with Crippen LogP contribution in [0.15, 0.2) is 42.3 Å². The van der Waals surface area contributed by atoms with Gasteiger partial charge in [-0.1, -0.05) is 11.6 Å². The minimum atomic E-state index is -0.0339. The molecule has 0 amide bonds. The maximum absolute atomic E-state index is 12.6. The molecule has 7 heteroatoms. The van der Waals surface area contributed by atoms with Crippen LogP contribution in [0.1, 0.15) is 39.8 Å². The third-order valence-corrected chi connectivity index (χ3v) is 4.93. The molecule has 3 aromatic rings. The molecule has 0 bridgehead atoms. The molecule has 4 rings (SSSR count). The second kappa shape index (κ2) is 6.90. The first kappa shape index (κ1) is 16.2. The van der Waals surface area contributed by atoms with Gasteiger partial charge in [-0.05, 0) is 31.0 Å². The molecule has 2 aromatic heterocycles. The summed E-state index contributed by atoms with van der Waals surface area (Å²) in [4.78, 5) is 25.0. The topological polar surface area (TPSA) is 65.0 Å². The first-order chi connectivity index (χ1) is 12.2. The molecule has 126 valence electrons. The summed E-state index contributed by atoms with van der Waals surface area (Å²) >= 11 is 7.68. The molecule has 25 heavy (non-hydrogen) atoms. The Morgan fingerprint density at radius 1 is 1.20 bits per heavy atom. The predicted octanol–water partition coefficient (Wildman–Crippen LogP) is 4.68. The highest BCUT2D eigenvalue weighted by Gasteiger charge is 2.26. The molecule has 5 nitrogen and oxygen atoms in total. The van der Waals surface area contributed by atoms with Crippen molar-refractivity contribution in [2.24, 2.45) is 0 Å². The molecule has 0 atom stereocenters. The van der Waals surface area contributed by atoms with Crippen molar-refractivity contribution < 1.29 is 9.53 Å². The molecule has 1 aromatic carbocycles. The zero-order chi connectivity index (χ0) is 17.2. The second-order valence-corrected chi connectivity index (χ2v) is 7.27. The van der Waals surface area contributed by atoms with E-state index in [1.54, 1.807) is 30.6 Å². The summed E-state index contributed by atoms with van der Waals surface area (Å²) in [5, 5.41) is 3.34. The van der Waals surface area contributed by atoms with Gasteiger partial charge in [-0.3, -0.25) is 4.79 Å². The molecule has 0 radical (unpaired) electrons. The summed E-state index contributed by atoms with van der Waals surface area (Å²) in [6.45, 7) is 0. The molecular weight excluding hydrogens is 358 g/mol. The summed E-state index contributed by atoms with van der Waals surface area (Å²) < 4.78 is 5.67.